The van der Waals surface area contributed by atoms with Crippen molar-refractivity contribution >= 4 is 5.84 Å². The molecule has 0 atom stereocenters. The highest BCUT2D eigenvalue weighted by atomic mass is 19.4. The van der Waals surface area contributed by atoms with Crippen molar-refractivity contribution in [2.45, 2.75) is 18.9 Å². The van der Waals surface area contributed by atoms with E-state index in [4.69, 9.17) is 11.1 Å². The Morgan fingerprint density at radius 3 is 2.12 bits per heavy atom. The monoisotopic (exact) mass is 260 g/mol. The second kappa shape index (κ2) is 3.93. The Hall–Kier alpha value is -1.74. The van der Waals surface area contributed by atoms with E-state index in [1.54, 1.807) is 0 Å². The number of nitrogens with one attached hydrogen (secondary N) is 1. The number of rotatable bonds is 2. The van der Waals surface area contributed by atoms with Crippen molar-refractivity contribution in [1.29, 1.82) is 5.41 Å². The highest BCUT2D eigenvalue weighted by Crippen LogP contribution is 2.34. The third-order valence-electron chi connectivity index (χ3n) is 1.68. The molecule has 0 aliphatic carbocycles. The SMILES string of the molecule is N=C(N)Cn1nc(C(F)(F)F)cc1C(F)(F)F. The molecule has 10 heteroatoms. The molecule has 4 nitrogen and oxygen atoms in total. The van der Waals surface area contributed by atoms with E-state index in [0.29, 0.717) is 0 Å². The van der Waals surface area contributed by atoms with Gasteiger partial charge in [-0.25, -0.2) is 0 Å². The molecular weight excluding hydrogens is 254 g/mol. The van der Waals surface area contributed by atoms with Crippen LogP contribution in [0.2, 0.25) is 0 Å². The van der Waals surface area contributed by atoms with E-state index in [0.717, 1.165) is 0 Å². The predicted molar refractivity (Wildman–Crippen MR) is 44.1 cm³/mol. The minimum atomic E-state index is -4.99. The molecule has 0 saturated heterocycles. The maximum Gasteiger partial charge on any atom is 0.435 e. The van der Waals surface area contributed by atoms with Crippen molar-refractivity contribution < 1.29 is 26.3 Å². The normalized spacial score (nSPS) is 12.8. The zero-order chi connectivity index (χ0) is 13.4. The highest BCUT2D eigenvalue weighted by molar-refractivity contribution is 5.76. The molecule has 0 radical (unpaired) electrons. The molecule has 0 saturated carbocycles. The second-order valence-corrected chi connectivity index (χ2v) is 3.09. The van der Waals surface area contributed by atoms with E-state index in [9.17, 15) is 26.3 Å². The van der Waals surface area contributed by atoms with Crippen LogP contribution >= 0.6 is 0 Å². The van der Waals surface area contributed by atoms with Gasteiger partial charge in [0, 0.05) is 6.07 Å². The van der Waals surface area contributed by atoms with Crippen LogP contribution in [-0.4, -0.2) is 15.6 Å². The molecule has 0 bridgehead atoms. The van der Waals surface area contributed by atoms with Gasteiger partial charge in [0.05, 0.1) is 6.54 Å². The number of halogens is 6. The first-order chi connectivity index (χ1) is 7.51. The minimum absolute atomic E-state index is 0.00512. The quantitative estimate of drug-likeness (QED) is 0.484. The summed E-state index contributed by atoms with van der Waals surface area (Å²) in [4.78, 5) is 0. The molecule has 0 aliphatic rings. The van der Waals surface area contributed by atoms with Crippen molar-refractivity contribution in [3.63, 3.8) is 0 Å². The molecular formula is C7H6F6N4. The van der Waals surface area contributed by atoms with Crippen molar-refractivity contribution in [3.05, 3.63) is 17.5 Å². The van der Waals surface area contributed by atoms with Crippen LogP contribution in [0.5, 0.6) is 0 Å². The lowest BCUT2D eigenvalue weighted by atomic mass is 10.3. The van der Waals surface area contributed by atoms with Gasteiger partial charge in [-0.1, -0.05) is 0 Å². The van der Waals surface area contributed by atoms with E-state index in [1.807, 2.05) is 0 Å². The van der Waals surface area contributed by atoms with Crippen LogP contribution in [0.15, 0.2) is 6.07 Å². The first-order valence-corrected chi connectivity index (χ1v) is 4.07. The minimum Gasteiger partial charge on any atom is -0.386 e. The molecule has 1 aromatic rings. The van der Waals surface area contributed by atoms with Crippen LogP contribution in [0, 0.1) is 5.41 Å². The van der Waals surface area contributed by atoms with Crippen LogP contribution < -0.4 is 5.73 Å². The van der Waals surface area contributed by atoms with Gasteiger partial charge < -0.3 is 5.73 Å². The molecule has 0 amide bonds. The number of aromatic nitrogens is 2. The topological polar surface area (TPSA) is 67.7 Å². The molecule has 17 heavy (non-hydrogen) atoms. The molecule has 3 N–H and O–H groups in total. The van der Waals surface area contributed by atoms with Crippen molar-refractivity contribution in [3.8, 4) is 0 Å². The molecule has 1 aromatic heterocycles. The maximum atomic E-state index is 12.4. The molecule has 1 rings (SSSR count). The van der Waals surface area contributed by atoms with Gasteiger partial charge in [0.15, 0.2) is 5.69 Å². The standard InChI is InChI=1S/C7H6F6N4/c8-6(9,10)3-1-4(7(11,12)13)17(16-3)2-5(14)15/h1H,2H2,(H3,14,15). The Bertz CT molecular complexity index is 429. The molecule has 0 aliphatic heterocycles. The Morgan fingerprint density at radius 2 is 1.76 bits per heavy atom. The van der Waals surface area contributed by atoms with Crippen LogP contribution in [0.4, 0.5) is 26.3 Å². The Balaban J connectivity index is 3.27. The van der Waals surface area contributed by atoms with Crippen molar-refractivity contribution in [2.24, 2.45) is 5.73 Å². The molecule has 1 heterocycles. The lowest BCUT2D eigenvalue weighted by Gasteiger charge is -2.08. The summed E-state index contributed by atoms with van der Waals surface area (Å²) in [6.07, 6.45) is -9.98. The van der Waals surface area contributed by atoms with E-state index in [2.05, 4.69) is 5.10 Å². The van der Waals surface area contributed by atoms with Crippen molar-refractivity contribution in [1.82, 2.24) is 9.78 Å². The lowest BCUT2D eigenvalue weighted by Crippen LogP contribution is -2.23. The first-order valence-electron chi connectivity index (χ1n) is 4.07. The van der Waals surface area contributed by atoms with Gasteiger partial charge in [-0.3, -0.25) is 10.1 Å². The fourth-order valence-electron chi connectivity index (χ4n) is 1.07. The number of alkyl halides is 6. The summed E-state index contributed by atoms with van der Waals surface area (Å²) in [5.74, 6) is -0.729. The number of hydrogen-bond acceptors (Lipinski definition) is 2. The third-order valence-corrected chi connectivity index (χ3v) is 1.68. The van der Waals surface area contributed by atoms with E-state index >= 15 is 0 Å². The maximum absolute atomic E-state index is 12.4. The summed E-state index contributed by atoms with van der Waals surface area (Å²) in [5, 5.41) is 9.51. The zero-order valence-corrected chi connectivity index (χ0v) is 8.02. The van der Waals surface area contributed by atoms with Gasteiger partial charge in [-0.2, -0.15) is 31.4 Å². The molecule has 0 aromatic carbocycles. The fraction of sp³-hybridized carbons (Fsp3) is 0.429. The second-order valence-electron chi connectivity index (χ2n) is 3.09. The first kappa shape index (κ1) is 13.3. The zero-order valence-electron chi connectivity index (χ0n) is 8.02. The summed E-state index contributed by atoms with van der Waals surface area (Å²) in [6.45, 7) is -0.856. The lowest BCUT2D eigenvalue weighted by molar-refractivity contribution is -0.144. The number of nitrogens with zero attached hydrogens (tertiary/aromatic N) is 2. The molecule has 0 fully saturated rings. The predicted octanol–water partition coefficient (Wildman–Crippen LogP) is 1.86. The Kier molecular flexibility index (Phi) is 3.08. The van der Waals surface area contributed by atoms with Crippen LogP contribution in [0.1, 0.15) is 11.4 Å². The summed E-state index contributed by atoms with van der Waals surface area (Å²) in [7, 11) is 0. The van der Waals surface area contributed by atoms with Gasteiger partial charge in [-0.05, 0) is 0 Å². The van der Waals surface area contributed by atoms with Gasteiger partial charge in [0.2, 0.25) is 0 Å². The largest absolute Gasteiger partial charge is 0.435 e. The van der Waals surface area contributed by atoms with Gasteiger partial charge >= 0.3 is 12.4 Å². The van der Waals surface area contributed by atoms with E-state index < -0.39 is 36.1 Å². The van der Waals surface area contributed by atoms with E-state index in [1.165, 1.54) is 0 Å². The summed E-state index contributed by atoms with van der Waals surface area (Å²) < 4.78 is 73.6. The fourth-order valence-corrected chi connectivity index (χ4v) is 1.07. The summed E-state index contributed by atoms with van der Waals surface area (Å²) >= 11 is 0. The third kappa shape index (κ3) is 3.11. The Labute approximate surface area is 90.5 Å². The average Bonchev–Trinajstić information content (AvgIpc) is 2.44. The van der Waals surface area contributed by atoms with Gasteiger partial charge in [0.1, 0.15) is 11.5 Å². The van der Waals surface area contributed by atoms with Gasteiger partial charge in [0.25, 0.3) is 0 Å². The smallest absolute Gasteiger partial charge is 0.386 e. The number of amidine groups is 1. The molecule has 96 valence electrons. The summed E-state index contributed by atoms with van der Waals surface area (Å²) in [5.41, 5.74) is 1.56. The van der Waals surface area contributed by atoms with Crippen LogP contribution in [0.3, 0.4) is 0 Å². The Morgan fingerprint density at radius 1 is 1.24 bits per heavy atom. The average molecular weight is 260 g/mol. The van der Waals surface area contributed by atoms with Crippen LogP contribution in [0.25, 0.3) is 0 Å². The molecule has 0 spiro atoms. The highest BCUT2D eigenvalue weighted by Gasteiger charge is 2.41. The number of nitrogens with two attached hydrogens (primary N) is 1. The van der Waals surface area contributed by atoms with Crippen molar-refractivity contribution in [2.75, 3.05) is 0 Å². The molecule has 0 unspecified atom stereocenters. The summed E-state index contributed by atoms with van der Waals surface area (Å²) in [6, 6.07) is -0.122. The van der Waals surface area contributed by atoms with Crippen LogP contribution in [-0.2, 0) is 18.9 Å². The van der Waals surface area contributed by atoms with Gasteiger partial charge in [-0.15, -0.1) is 0 Å². The number of hydrogen-bond donors (Lipinski definition) is 2. The van der Waals surface area contributed by atoms with E-state index in [-0.39, 0.29) is 10.7 Å².